The molecule has 132 valence electrons. The third-order valence-corrected chi connectivity index (χ3v) is 6.88. The van der Waals surface area contributed by atoms with Gasteiger partial charge < -0.3 is 0 Å². The van der Waals surface area contributed by atoms with Crippen LogP contribution >= 0.6 is 0 Å². The Kier molecular flexibility index (Phi) is 3.99. The van der Waals surface area contributed by atoms with Crippen LogP contribution in [0.1, 0.15) is 38.5 Å². The summed E-state index contributed by atoms with van der Waals surface area (Å²) in [6.07, 6.45) is 11.6. The molecule has 2 saturated carbocycles. The fraction of sp³-hybridized carbons (Fsp3) is 0.867. The smallest absolute Gasteiger partial charge is 0.264 e. The Labute approximate surface area is 138 Å². The summed E-state index contributed by atoms with van der Waals surface area (Å²) in [5, 5.41) is 0. The summed E-state index contributed by atoms with van der Waals surface area (Å²) in [7, 11) is -7.07. The van der Waals surface area contributed by atoms with E-state index in [1.807, 2.05) is 0 Å². The topological polar surface area (TPSA) is 86.7 Å². The van der Waals surface area contributed by atoms with Gasteiger partial charge in [-0.3, -0.25) is 8.37 Å². The van der Waals surface area contributed by atoms with Gasteiger partial charge >= 0.3 is 0 Å². The lowest BCUT2D eigenvalue weighted by Crippen LogP contribution is -2.46. The van der Waals surface area contributed by atoms with Gasteiger partial charge in [0.1, 0.15) is 0 Å². The van der Waals surface area contributed by atoms with Gasteiger partial charge in [-0.05, 0) is 43.9 Å². The first kappa shape index (κ1) is 17.4. The van der Waals surface area contributed by atoms with Crippen molar-refractivity contribution in [3.8, 4) is 0 Å². The van der Waals surface area contributed by atoms with Crippen LogP contribution in [0.3, 0.4) is 0 Å². The molecule has 0 amide bonds. The minimum Gasteiger partial charge on any atom is -0.270 e. The summed E-state index contributed by atoms with van der Waals surface area (Å²) in [5.41, 5.74) is -0.522. The lowest BCUT2D eigenvalue weighted by Gasteiger charge is -2.46. The number of rotatable bonds is 6. The highest BCUT2D eigenvalue weighted by atomic mass is 32.2. The molecule has 3 rings (SSSR count). The third kappa shape index (κ3) is 3.50. The summed E-state index contributed by atoms with van der Waals surface area (Å²) in [6, 6.07) is 0. The maximum atomic E-state index is 11.5. The van der Waals surface area contributed by atoms with E-state index >= 15 is 0 Å². The van der Waals surface area contributed by atoms with Gasteiger partial charge in [-0.25, -0.2) is 0 Å². The predicted molar refractivity (Wildman–Crippen MR) is 85.7 cm³/mol. The zero-order valence-corrected chi connectivity index (χ0v) is 15.2. The Balaban J connectivity index is 1.92. The molecule has 0 saturated heterocycles. The van der Waals surface area contributed by atoms with E-state index in [-0.39, 0.29) is 29.5 Å². The fourth-order valence-electron chi connectivity index (χ4n) is 4.56. The zero-order chi connectivity index (χ0) is 17.0. The number of fused-ring (bicyclic) bond motifs is 1. The van der Waals surface area contributed by atoms with Crippen molar-refractivity contribution in [2.24, 2.45) is 16.2 Å². The monoisotopic (exact) mass is 364 g/mol. The first-order valence-corrected chi connectivity index (χ1v) is 11.5. The van der Waals surface area contributed by atoms with Gasteiger partial charge in [-0.2, -0.15) is 16.8 Å². The largest absolute Gasteiger partial charge is 0.270 e. The van der Waals surface area contributed by atoms with Gasteiger partial charge in [0.15, 0.2) is 0 Å². The zero-order valence-electron chi connectivity index (χ0n) is 13.6. The third-order valence-electron chi connectivity index (χ3n) is 5.79. The molecule has 0 aromatic heterocycles. The van der Waals surface area contributed by atoms with Crippen LogP contribution in [0.2, 0.25) is 0 Å². The van der Waals surface area contributed by atoms with E-state index in [1.54, 1.807) is 0 Å². The van der Waals surface area contributed by atoms with Crippen LogP contribution in [0.25, 0.3) is 0 Å². The maximum Gasteiger partial charge on any atom is 0.264 e. The van der Waals surface area contributed by atoms with Gasteiger partial charge in [0.2, 0.25) is 0 Å². The van der Waals surface area contributed by atoms with Crippen LogP contribution in [-0.2, 0) is 28.6 Å². The van der Waals surface area contributed by atoms with Crippen molar-refractivity contribution < 1.29 is 25.2 Å². The Morgan fingerprint density at radius 1 is 0.826 bits per heavy atom. The lowest BCUT2D eigenvalue weighted by atomic mass is 9.60. The first-order valence-electron chi connectivity index (χ1n) is 7.83. The van der Waals surface area contributed by atoms with Crippen molar-refractivity contribution in [2.75, 3.05) is 25.7 Å². The van der Waals surface area contributed by atoms with Gasteiger partial charge in [0, 0.05) is 10.8 Å². The summed E-state index contributed by atoms with van der Waals surface area (Å²) >= 11 is 0. The first-order chi connectivity index (χ1) is 10.5. The molecule has 3 aliphatic rings. The van der Waals surface area contributed by atoms with Crippen molar-refractivity contribution in [1.29, 1.82) is 0 Å². The van der Waals surface area contributed by atoms with Crippen LogP contribution in [-0.4, -0.2) is 42.6 Å². The second-order valence-corrected chi connectivity index (χ2v) is 11.0. The van der Waals surface area contributed by atoms with E-state index in [0.29, 0.717) is 12.8 Å². The molecule has 8 heteroatoms. The average Bonchev–Trinajstić information content (AvgIpc) is 3.06. The van der Waals surface area contributed by atoms with E-state index < -0.39 is 20.2 Å². The van der Waals surface area contributed by atoms with Crippen molar-refractivity contribution >= 4 is 20.2 Å². The molecular weight excluding hydrogens is 340 g/mol. The van der Waals surface area contributed by atoms with E-state index in [4.69, 9.17) is 8.37 Å². The minimum absolute atomic E-state index is 0.102. The minimum atomic E-state index is -3.54. The highest BCUT2D eigenvalue weighted by Crippen LogP contribution is 2.73. The summed E-state index contributed by atoms with van der Waals surface area (Å²) < 4.78 is 56.3. The molecule has 0 aliphatic heterocycles. The SMILES string of the molecule is CS(=O)(=O)OC[C@]12CC=CC[C@@]1(COS(C)(=O)=O)CC1(CC1)C2. The Morgan fingerprint density at radius 3 is 1.52 bits per heavy atom. The second-order valence-electron chi connectivity index (χ2n) is 7.73. The van der Waals surface area contributed by atoms with Gasteiger partial charge in [0.25, 0.3) is 20.2 Å². The van der Waals surface area contributed by atoms with Crippen molar-refractivity contribution in [3.05, 3.63) is 12.2 Å². The molecule has 2 atom stereocenters. The van der Waals surface area contributed by atoms with Gasteiger partial charge in [-0.1, -0.05) is 12.2 Å². The lowest BCUT2D eigenvalue weighted by molar-refractivity contribution is -0.0154. The number of hydrogen-bond acceptors (Lipinski definition) is 6. The molecule has 0 unspecified atom stereocenters. The molecule has 0 aromatic carbocycles. The molecule has 0 radical (unpaired) electrons. The fourth-order valence-corrected chi connectivity index (χ4v) is 5.44. The van der Waals surface area contributed by atoms with Crippen LogP contribution < -0.4 is 0 Å². The van der Waals surface area contributed by atoms with Crippen molar-refractivity contribution in [3.63, 3.8) is 0 Å². The molecule has 23 heavy (non-hydrogen) atoms. The van der Waals surface area contributed by atoms with Crippen molar-refractivity contribution in [1.82, 2.24) is 0 Å². The molecule has 6 nitrogen and oxygen atoms in total. The van der Waals surface area contributed by atoms with Crippen LogP contribution in [0.5, 0.6) is 0 Å². The molecule has 0 aromatic rings. The summed E-state index contributed by atoms with van der Waals surface area (Å²) in [4.78, 5) is 0. The normalized spacial score (nSPS) is 35.4. The molecule has 1 spiro atoms. The second kappa shape index (κ2) is 5.28. The predicted octanol–water partition coefficient (Wildman–Crippen LogP) is 1.84. The summed E-state index contributed by atoms with van der Waals surface area (Å²) in [6.45, 7) is 0.204. The molecule has 2 fully saturated rings. The Hall–Kier alpha value is -0.440. The van der Waals surface area contributed by atoms with E-state index in [0.717, 1.165) is 38.2 Å². The Bertz CT molecular complexity index is 661. The van der Waals surface area contributed by atoms with Crippen LogP contribution in [0.4, 0.5) is 0 Å². The quantitative estimate of drug-likeness (QED) is 0.528. The Morgan fingerprint density at radius 2 is 1.22 bits per heavy atom. The summed E-state index contributed by atoms with van der Waals surface area (Å²) in [5.74, 6) is 0. The maximum absolute atomic E-state index is 11.5. The van der Waals surface area contributed by atoms with E-state index in [2.05, 4.69) is 12.2 Å². The molecule has 0 bridgehead atoms. The average molecular weight is 364 g/mol. The molecule has 3 aliphatic carbocycles. The molecule has 0 N–H and O–H groups in total. The number of allylic oxidation sites excluding steroid dienone is 2. The molecular formula is C15H24O6S2. The number of hydrogen-bond donors (Lipinski definition) is 0. The highest BCUT2D eigenvalue weighted by molar-refractivity contribution is 7.86. The van der Waals surface area contributed by atoms with Gasteiger partial charge in [0.05, 0.1) is 25.7 Å². The van der Waals surface area contributed by atoms with E-state index in [1.165, 1.54) is 0 Å². The molecule has 0 heterocycles. The van der Waals surface area contributed by atoms with Crippen LogP contribution in [0.15, 0.2) is 12.2 Å². The van der Waals surface area contributed by atoms with Gasteiger partial charge in [-0.15, -0.1) is 0 Å². The van der Waals surface area contributed by atoms with Crippen LogP contribution in [0, 0.1) is 16.2 Å². The van der Waals surface area contributed by atoms with E-state index in [9.17, 15) is 16.8 Å². The van der Waals surface area contributed by atoms with Crippen molar-refractivity contribution in [2.45, 2.75) is 38.5 Å². The standard InChI is InChI=1S/C15H24O6S2/c1-22(16,17)20-11-14-5-3-4-6-15(14,12-21-23(2,18)19)10-13(9-14)7-8-13/h3-4H,5-12H2,1-2H3/t14-,15+. The highest BCUT2D eigenvalue weighted by Gasteiger charge is 2.67.